The quantitative estimate of drug-likeness (QED) is 0.402. The highest BCUT2D eigenvalue weighted by atomic mass is 32.2. The van der Waals surface area contributed by atoms with Crippen molar-refractivity contribution >= 4 is 51.7 Å². The molecule has 2 heterocycles. The van der Waals surface area contributed by atoms with Crippen LogP contribution in [0.1, 0.15) is 18.1 Å². The number of amides is 1. The summed E-state index contributed by atoms with van der Waals surface area (Å²) in [5.41, 5.74) is 3.69. The Labute approximate surface area is 217 Å². The monoisotopic (exact) mass is 515 g/mol. The van der Waals surface area contributed by atoms with Crippen LogP contribution in [0, 0.1) is 17.1 Å². The summed E-state index contributed by atoms with van der Waals surface area (Å²) in [7, 11) is 1.88. The largest absolute Gasteiger partial charge is 0.384 e. The molecule has 1 saturated heterocycles. The van der Waals surface area contributed by atoms with Gasteiger partial charge in [0, 0.05) is 18.5 Å². The zero-order valence-corrected chi connectivity index (χ0v) is 21.3. The summed E-state index contributed by atoms with van der Waals surface area (Å²) in [4.78, 5) is 23.5. The summed E-state index contributed by atoms with van der Waals surface area (Å²) >= 11 is 2.68. The summed E-state index contributed by atoms with van der Waals surface area (Å²) in [5.74, 6) is -0.473. The molecule has 0 spiro atoms. The molecule has 1 N–H and O–H groups in total. The molecule has 36 heavy (non-hydrogen) atoms. The van der Waals surface area contributed by atoms with Gasteiger partial charge in [-0.3, -0.25) is 9.69 Å². The van der Waals surface area contributed by atoms with Gasteiger partial charge in [-0.2, -0.15) is 5.26 Å². The predicted octanol–water partition coefficient (Wildman–Crippen LogP) is 6.30. The fourth-order valence-corrected chi connectivity index (χ4v) is 6.35. The maximum absolute atomic E-state index is 13.9. The molecule has 180 valence electrons. The van der Waals surface area contributed by atoms with Crippen LogP contribution in [-0.2, 0) is 11.3 Å². The van der Waals surface area contributed by atoms with Crippen LogP contribution in [0.5, 0.6) is 0 Å². The van der Waals surface area contributed by atoms with E-state index in [4.69, 9.17) is 4.99 Å². The lowest BCUT2D eigenvalue weighted by Gasteiger charge is -2.17. The number of amidine groups is 1. The van der Waals surface area contributed by atoms with Crippen LogP contribution in [-0.4, -0.2) is 29.6 Å². The van der Waals surface area contributed by atoms with Gasteiger partial charge in [0.25, 0.3) is 5.91 Å². The average molecular weight is 516 g/mol. The van der Waals surface area contributed by atoms with Gasteiger partial charge < -0.3 is 10.2 Å². The summed E-state index contributed by atoms with van der Waals surface area (Å²) in [6.07, 6.45) is 0. The molecule has 1 amide bonds. The summed E-state index contributed by atoms with van der Waals surface area (Å²) in [6.45, 7) is 3.03. The first kappa shape index (κ1) is 24.0. The maximum atomic E-state index is 13.9. The molecule has 1 fully saturated rings. The highest BCUT2D eigenvalue weighted by Gasteiger charge is 2.39. The molecule has 0 unspecified atom stereocenters. The van der Waals surface area contributed by atoms with Gasteiger partial charge in [0.2, 0.25) is 0 Å². The molecule has 0 radical (unpaired) electrons. The normalized spacial score (nSPS) is 18.1. The van der Waals surface area contributed by atoms with E-state index in [0.29, 0.717) is 34.4 Å². The van der Waals surface area contributed by atoms with Crippen LogP contribution < -0.4 is 10.2 Å². The van der Waals surface area contributed by atoms with E-state index in [1.165, 1.54) is 35.7 Å². The van der Waals surface area contributed by atoms with Gasteiger partial charge in [0.15, 0.2) is 5.17 Å². The zero-order valence-electron chi connectivity index (χ0n) is 19.7. The summed E-state index contributed by atoms with van der Waals surface area (Å²) < 4.78 is 13.9. The third-order valence-electron chi connectivity index (χ3n) is 5.75. The topological polar surface area (TPSA) is 71.7 Å². The van der Waals surface area contributed by atoms with Gasteiger partial charge in [-0.15, -0.1) is 0 Å². The third kappa shape index (κ3) is 4.57. The smallest absolute Gasteiger partial charge is 0.269 e. The number of anilines is 2. The van der Waals surface area contributed by atoms with Gasteiger partial charge in [-0.1, -0.05) is 42.1 Å². The molecule has 2 aliphatic heterocycles. The SMILES string of the molecule is CCNc1ccc(C#N)cc1N=C1SC(=C2Sc3cc(F)ccc3N2C)C(=O)N1Cc1ccccc1. The third-order valence-corrected chi connectivity index (χ3v) is 8.16. The molecule has 0 atom stereocenters. The second-order valence-corrected chi connectivity index (χ2v) is 10.2. The van der Waals surface area contributed by atoms with Crippen molar-refractivity contribution in [3.05, 3.63) is 93.6 Å². The molecule has 6 nitrogen and oxygen atoms in total. The highest BCUT2D eigenvalue weighted by molar-refractivity contribution is 8.19. The van der Waals surface area contributed by atoms with Crippen LogP contribution in [0.3, 0.4) is 0 Å². The van der Waals surface area contributed by atoms with Gasteiger partial charge in [0.1, 0.15) is 10.7 Å². The minimum atomic E-state index is -0.312. The molecular formula is C27H22FN5OS2. The number of nitriles is 1. The van der Waals surface area contributed by atoms with Gasteiger partial charge >= 0.3 is 0 Å². The Kier molecular flexibility index (Phi) is 6.72. The number of rotatable bonds is 5. The Balaban J connectivity index is 1.59. The van der Waals surface area contributed by atoms with E-state index in [9.17, 15) is 14.4 Å². The molecule has 9 heteroatoms. The average Bonchev–Trinajstić information content (AvgIpc) is 3.36. The van der Waals surface area contributed by atoms with Gasteiger partial charge in [0.05, 0.1) is 40.3 Å². The Morgan fingerprint density at radius 2 is 1.89 bits per heavy atom. The first-order chi connectivity index (χ1) is 17.5. The Hall–Kier alpha value is -3.74. The second kappa shape index (κ2) is 10.1. The van der Waals surface area contributed by atoms with E-state index < -0.39 is 0 Å². The number of hydrogen-bond acceptors (Lipinski definition) is 7. The highest BCUT2D eigenvalue weighted by Crippen LogP contribution is 2.50. The van der Waals surface area contributed by atoms with Crippen molar-refractivity contribution in [3.63, 3.8) is 0 Å². The predicted molar refractivity (Wildman–Crippen MR) is 145 cm³/mol. The molecule has 3 aromatic carbocycles. The number of hydrogen-bond donors (Lipinski definition) is 1. The Morgan fingerprint density at radius 1 is 1.08 bits per heavy atom. The molecule has 0 aromatic heterocycles. The van der Waals surface area contributed by atoms with E-state index in [1.807, 2.05) is 55.3 Å². The van der Waals surface area contributed by atoms with Crippen molar-refractivity contribution in [1.82, 2.24) is 4.90 Å². The van der Waals surface area contributed by atoms with E-state index >= 15 is 0 Å². The van der Waals surface area contributed by atoms with Crippen LogP contribution in [0.25, 0.3) is 0 Å². The maximum Gasteiger partial charge on any atom is 0.269 e. The molecule has 0 aliphatic carbocycles. The molecule has 3 aromatic rings. The van der Waals surface area contributed by atoms with Crippen LogP contribution >= 0.6 is 23.5 Å². The van der Waals surface area contributed by atoms with E-state index in [2.05, 4.69) is 11.4 Å². The van der Waals surface area contributed by atoms with Crippen molar-refractivity contribution in [1.29, 1.82) is 5.26 Å². The van der Waals surface area contributed by atoms with Crippen LogP contribution in [0.15, 0.2) is 86.6 Å². The molecule has 0 saturated carbocycles. The standard InChI is InChI=1S/C27H22FN5OS2/c1-3-30-20-11-9-18(15-29)13-21(20)31-27-33(16-17-7-5-4-6-8-17)25(34)24(36-27)26-32(2)22-12-10-19(28)14-23(22)35-26/h4-14,30H,3,16H2,1-2H3. The first-order valence-corrected chi connectivity index (χ1v) is 13.0. The van der Waals surface area contributed by atoms with Crippen molar-refractivity contribution in [2.75, 3.05) is 23.8 Å². The minimum Gasteiger partial charge on any atom is -0.384 e. The van der Waals surface area contributed by atoms with E-state index in [1.54, 1.807) is 23.1 Å². The van der Waals surface area contributed by atoms with Gasteiger partial charge in [-0.25, -0.2) is 9.38 Å². The fourth-order valence-electron chi connectivity index (χ4n) is 3.99. The summed E-state index contributed by atoms with van der Waals surface area (Å²) in [6, 6.07) is 21.8. The number of nitrogens with zero attached hydrogens (tertiary/aromatic N) is 4. The lowest BCUT2D eigenvalue weighted by atomic mass is 10.2. The summed E-state index contributed by atoms with van der Waals surface area (Å²) in [5, 5.41) is 14.0. The number of fused-ring (bicyclic) bond motifs is 1. The number of benzene rings is 3. The number of carbonyl (C=O) groups is 1. The van der Waals surface area contributed by atoms with Gasteiger partial charge in [-0.05, 0) is 60.6 Å². The van der Waals surface area contributed by atoms with Crippen molar-refractivity contribution in [3.8, 4) is 6.07 Å². The molecule has 0 bridgehead atoms. The number of aliphatic imine (C=N–C) groups is 1. The lowest BCUT2D eigenvalue weighted by molar-refractivity contribution is -0.122. The number of thioether (sulfide) groups is 2. The number of halogens is 1. The van der Waals surface area contributed by atoms with Crippen LogP contribution in [0.4, 0.5) is 21.5 Å². The molecule has 2 aliphatic rings. The first-order valence-electron chi connectivity index (χ1n) is 11.3. The Morgan fingerprint density at radius 3 is 2.64 bits per heavy atom. The number of carbonyl (C=O) groups excluding carboxylic acids is 1. The molecular weight excluding hydrogens is 493 g/mol. The van der Waals surface area contributed by atoms with E-state index in [-0.39, 0.29) is 11.7 Å². The van der Waals surface area contributed by atoms with E-state index in [0.717, 1.165) is 26.9 Å². The Bertz CT molecular complexity index is 1450. The lowest BCUT2D eigenvalue weighted by Crippen LogP contribution is -2.29. The fraction of sp³-hybridized carbons (Fsp3) is 0.148. The molecule has 5 rings (SSSR count). The van der Waals surface area contributed by atoms with Crippen molar-refractivity contribution < 1.29 is 9.18 Å². The van der Waals surface area contributed by atoms with Crippen molar-refractivity contribution in [2.45, 2.75) is 18.4 Å². The minimum absolute atomic E-state index is 0.160. The number of nitrogens with one attached hydrogen (secondary N) is 1. The second-order valence-electron chi connectivity index (χ2n) is 8.15. The van der Waals surface area contributed by atoms with Crippen molar-refractivity contribution in [2.24, 2.45) is 4.99 Å². The van der Waals surface area contributed by atoms with Crippen LogP contribution in [0.2, 0.25) is 0 Å². The zero-order chi connectivity index (χ0) is 25.2.